The van der Waals surface area contributed by atoms with Gasteiger partial charge < -0.3 is 0 Å². The predicted molar refractivity (Wildman–Crippen MR) is 88.1 cm³/mol. The van der Waals surface area contributed by atoms with Crippen LogP contribution >= 0.6 is 0 Å². The van der Waals surface area contributed by atoms with Crippen molar-refractivity contribution >= 4 is 11.8 Å². The Morgan fingerprint density at radius 3 is 2.44 bits per heavy atom. The van der Waals surface area contributed by atoms with Crippen LogP contribution in [0.2, 0.25) is 0 Å². The van der Waals surface area contributed by atoms with E-state index in [9.17, 15) is 14.4 Å². The van der Waals surface area contributed by atoms with Gasteiger partial charge in [0.15, 0.2) is 5.82 Å². The van der Waals surface area contributed by atoms with Crippen molar-refractivity contribution in [1.29, 1.82) is 0 Å². The largest absolute Gasteiger partial charge is 0.273 e. The van der Waals surface area contributed by atoms with Gasteiger partial charge in [0.25, 0.3) is 17.4 Å². The van der Waals surface area contributed by atoms with Crippen LogP contribution in [0.5, 0.6) is 0 Å². The molecule has 0 atom stereocenters. The van der Waals surface area contributed by atoms with Crippen molar-refractivity contribution in [2.45, 2.75) is 6.92 Å². The Morgan fingerprint density at radius 2 is 1.76 bits per heavy atom. The average molecular weight is 338 g/mol. The molecule has 0 aliphatic heterocycles. The van der Waals surface area contributed by atoms with Crippen LogP contribution in [0.3, 0.4) is 0 Å². The van der Waals surface area contributed by atoms with E-state index < -0.39 is 11.8 Å². The molecule has 0 bridgehead atoms. The van der Waals surface area contributed by atoms with E-state index in [4.69, 9.17) is 0 Å². The number of benzene rings is 1. The zero-order chi connectivity index (χ0) is 17.8. The molecule has 0 unspecified atom stereocenters. The fourth-order valence-corrected chi connectivity index (χ4v) is 2.16. The summed E-state index contributed by atoms with van der Waals surface area (Å²) < 4.78 is 1.41. The molecule has 2 amide bonds. The van der Waals surface area contributed by atoms with Gasteiger partial charge in [-0.2, -0.15) is 10.2 Å². The molecule has 0 fully saturated rings. The van der Waals surface area contributed by atoms with Gasteiger partial charge in [0.05, 0.1) is 17.5 Å². The van der Waals surface area contributed by atoms with Crippen molar-refractivity contribution in [1.82, 2.24) is 30.8 Å². The quantitative estimate of drug-likeness (QED) is 0.595. The molecule has 3 N–H and O–H groups in total. The maximum absolute atomic E-state index is 12.2. The van der Waals surface area contributed by atoms with E-state index in [1.54, 1.807) is 37.3 Å². The van der Waals surface area contributed by atoms with Crippen molar-refractivity contribution < 1.29 is 9.59 Å². The van der Waals surface area contributed by atoms with Crippen LogP contribution in [0.1, 0.15) is 26.4 Å². The molecular formula is C16H14N6O3. The van der Waals surface area contributed by atoms with Crippen molar-refractivity contribution in [3.63, 3.8) is 0 Å². The van der Waals surface area contributed by atoms with E-state index in [-0.39, 0.29) is 11.1 Å². The van der Waals surface area contributed by atoms with E-state index >= 15 is 0 Å². The fourth-order valence-electron chi connectivity index (χ4n) is 2.16. The normalized spacial score (nSPS) is 10.3. The summed E-state index contributed by atoms with van der Waals surface area (Å²) in [5.74, 6) is -0.580. The molecule has 2 aromatic heterocycles. The number of carbonyl (C=O) groups is 2. The molecular weight excluding hydrogens is 324 g/mol. The Bertz CT molecular complexity index is 957. The molecule has 126 valence electrons. The summed E-state index contributed by atoms with van der Waals surface area (Å²) in [5.41, 5.74) is 5.54. The number of aromatic nitrogens is 4. The number of rotatable bonds is 3. The second kappa shape index (κ2) is 6.79. The summed E-state index contributed by atoms with van der Waals surface area (Å²) in [6.07, 6.45) is 1.35. The lowest BCUT2D eigenvalue weighted by Crippen LogP contribution is -2.41. The van der Waals surface area contributed by atoms with Crippen LogP contribution in [0.25, 0.3) is 5.82 Å². The molecule has 3 aromatic rings. The van der Waals surface area contributed by atoms with Crippen molar-refractivity contribution in [3.8, 4) is 5.82 Å². The van der Waals surface area contributed by atoms with Gasteiger partial charge in [-0.25, -0.2) is 9.78 Å². The average Bonchev–Trinajstić information content (AvgIpc) is 3.02. The Hall–Kier alpha value is -3.75. The third-order valence-corrected chi connectivity index (χ3v) is 3.46. The van der Waals surface area contributed by atoms with Gasteiger partial charge in [0.2, 0.25) is 0 Å². The second-order valence-electron chi connectivity index (χ2n) is 5.11. The van der Waals surface area contributed by atoms with E-state index in [0.717, 1.165) is 0 Å². The van der Waals surface area contributed by atoms with Crippen molar-refractivity contribution in [2.75, 3.05) is 0 Å². The topological polar surface area (TPSA) is 122 Å². The summed E-state index contributed by atoms with van der Waals surface area (Å²) >= 11 is 0. The second-order valence-corrected chi connectivity index (χ2v) is 5.11. The van der Waals surface area contributed by atoms with Crippen molar-refractivity contribution in [2.24, 2.45) is 0 Å². The minimum absolute atomic E-state index is 0.265. The maximum atomic E-state index is 12.2. The van der Waals surface area contributed by atoms with Crippen LogP contribution in [0.4, 0.5) is 0 Å². The summed E-state index contributed by atoms with van der Waals surface area (Å²) in [4.78, 5) is 35.2. The highest BCUT2D eigenvalue weighted by Gasteiger charge is 2.16. The first-order valence-electron chi connectivity index (χ1n) is 7.33. The molecule has 0 aliphatic rings. The maximum Gasteiger partial charge on any atom is 0.273 e. The first-order chi connectivity index (χ1) is 12.1. The van der Waals surface area contributed by atoms with E-state index in [0.29, 0.717) is 17.1 Å². The molecule has 0 saturated carbocycles. The molecule has 0 saturated heterocycles. The number of nitrogens with zero attached hydrogens (tertiary/aromatic N) is 3. The Morgan fingerprint density at radius 1 is 1.04 bits per heavy atom. The van der Waals surface area contributed by atoms with Crippen LogP contribution in [-0.4, -0.2) is 31.8 Å². The standard InChI is InChI=1S/C16H14N6O3/c1-10-12(9-17-22(10)13-7-8-14(23)19-18-13)16(25)21-20-15(24)11-5-3-2-4-6-11/h2-9H,1H3,(H,19,23)(H,20,24)(H,21,25). The Labute approximate surface area is 141 Å². The summed E-state index contributed by atoms with van der Waals surface area (Å²) in [5, 5.41) is 10.2. The smallest absolute Gasteiger partial charge is 0.268 e. The van der Waals surface area contributed by atoms with Gasteiger partial charge in [-0.15, -0.1) is 0 Å². The van der Waals surface area contributed by atoms with E-state index in [1.807, 2.05) is 0 Å². The molecule has 9 nitrogen and oxygen atoms in total. The molecule has 25 heavy (non-hydrogen) atoms. The first-order valence-corrected chi connectivity index (χ1v) is 7.33. The minimum Gasteiger partial charge on any atom is -0.268 e. The third kappa shape index (κ3) is 3.44. The molecule has 3 rings (SSSR count). The molecule has 0 aliphatic carbocycles. The molecule has 0 spiro atoms. The Balaban J connectivity index is 1.72. The van der Waals surface area contributed by atoms with Gasteiger partial charge >= 0.3 is 0 Å². The number of nitrogens with one attached hydrogen (secondary N) is 3. The van der Waals surface area contributed by atoms with Crippen LogP contribution in [-0.2, 0) is 0 Å². The van der Waals surface area contributed by atoms with E-state index in [2.05, 4.69) is 26.1 Å². The summed E-state index contributed by atoms with van der Waals surface area (Å²) in [7, 11) is 0. The Kier molecular flexibility index (Phi) is 4.38. The van der Waals surface area contributed by atoms with Crippen LogP contribution in [0.15, 0.2) is 53.5 Å². The number of hydrazine groups is 1. The van der Waals surface area contributed by atoms with Gasteiger partial charge in [-0.05, 0) is 25.1 Å². The highest BCUT2D eigenvalue weighted by Crippen LogP contribution is 2.11. The SMILES string of the molecule is Cc1c(C(=O)NNC(=O)c2ccccc2)cnn1-c1ccc(=O)[nH]n1. The first kappa shape index (κ1) is 16.1. The number of amides is 2. The van der Waals surface area contributed by atoms with E-state index in [1.165, 1.54) is 23.0 Å². The van der Waals surface area contributed by atoms with Gasteiger partial charge in [-0.3, -0.25) is 25.2 Å². The minimum atomic E-state index is -0.516. The number of carbonyl (C=O) groups excluding carboxylic acids is 2. The number of hydrogen-bond donors (Lipinski definition) is 3. The lowest BCUT2D eigenvalue weighted by Gasteiger charge is -2.07. The fraction of sp³-hybridized carbons (Fsp3) is 0.0625. The van der Waals surface area contributed by atoms with Crippen LogP contribution in [0, 0.1) is 6.92 Å². The highest BCUT2D eigenvalue weighted by molar-refractivity contribution is 5.99. The zero-order valence-electron chi connectivity index (χ0n) is 13.2. The molecule has 9 heteroatoms. The van der Waals surface area contributed by atoms with Gasteiger partial charge in [-0.1, -0.05) is 18.2 Å². The van der Waals surface area contributed by atoms with Crippen LogP contribution < -0.4 is 16.4 Å². The van der Waals surface area contributed by atoms with Gasteiger partial charge in [0.1, 0.15) is 0 Å². The van der Waals surface area contributed by atoms with Gasteiger partial charge in [0, 0.05) is 11.6 Å². The number of H-pyrrole nitrogens is 1. The summed E-state index contributed by atoms with van der Waals surface area (Å²) in [6, 6.07) is 11.3. The lowest BCUT2D eigenvalue weighted by atomic mass is 10.2. The highest BCUT2D eigenvalue weighted by atomic mass is 16.2. The third-order valence-electron chi connectivity index (χ3n) is 3.46. The zero-order valence-corrected chi connectivity index (χ0v) is 13.2. The monoisotopic (exact) mass is 338 g/mol. The molecule has 1 aromatic carbocycles. The number of aromatic amines is 1. The predicted octanol–water partition coefficient (Wildman–Crippen LogP) is 0.339. The number of hydrogen-bond acceptors (Lipinski definition) is 5. The van der Waals surface area contributed by atoms with Crippen molar-refractivity contribution in [3.05, 3.63) is 75.8 Å². The molecule has 0 radical (unpaired) electrons. The molecule has 2 heterocycles. The summed E-state index contributed by atoms with van der Waals surface area (Å²) in [6.45, 7) is 1.67. The lowest BCUT2D eigenvalue weighted by molar-refractivity contribution is 0.0846.